The molecule has 0 atom stereocenters. The van der Waals surface area contributed by atoms with Gasteiger partial charge in [0.15, 0.2) is 0 Å². The molecule has 0 spiro atoms. The molecule has 2 aromatic carbocycles. The molecule has 0 aliphatic carbocycles. The van der Waals surface area contributed by atoms with Gasteiger partial charge in [-0.3, -0.25) is 4.79 Å². The number of hydrogen-bond donors (Lipinski definition) is 0. The van der Waals surface area contributed by atoms with Gasteiger partial charge in [0.05, 0.1) is 12.1 Å². The topological polar surface area (TPSA) is 84.7 Å². The smallest absolute Gasteiger partial charge is 0.336 e. The second-order valence-electron chi connectivity index (χ2n) is 6.20. The van der Waals surface area contributed by atoms with Gasteiger partial charge < -0.3 is 4.42 Å². The highest BCUT2D eigenvalue weighted by Gasteiger charge is 2.41. The Hall–Kier alpha value is -2.64. The van der Waals surface area contributed by atoms with Crippen molar-refractivity contribution >= 4 is 38.5 Å². The molecule has 0 radical (unpaired) electrons. The van der Waals surface area contributed by atoms with Gasteiger partial charge >= 0.3 is 5.63 Å². The summed E-state index contributed by atoms with van der Waals surface area (Å²) in [6.45, 7) is 1.64. The number of carbonyl (C=O) groups excluding carboxylic acids is 1. The lowest BCUT2D eigenvalue weighted by Gasteiger charge is -2.16. The minimum absolute atomic E-state index is 0.0337. The van der Waals surface area contributed by atoms with Gasteiger partial charge in [0.2, 0.25) is 0 Å². The van der Waals surface area contributed by atoms with Crippen LogP contribution in [0.1, 0.15) is 28.4 Å². The first-order valence-electron chi connectivity index (χ1n) is 8.24. The van der Waals surface area contributed by atoms with Crippen molar-refractivity contribution in [1.29, 1.82) is 0 Å². The average molecular weight is 404 g/mol. The van der Waals surface area contributed by atoms with E-state index in [1.165, 1.54) is 18.2 Å². The van der Waals surface area contributed by atoms with Gasteiger partial charge in [-0.1, -0.05) is 30.7 Å². The van der Waals surface area contributed by atoms with Crippen LogP contribution in [0.25, 0.3) is 11.0 Å². The molecular formula is C19H14ClNO5S. The summed E-state index contributed by atoms with van der Waals surface area (Å²) in [5, 5.41) is 0.981. The van der Waals surface area contributed by atoms with E-state index in [9.17, 15) is 18.0 Å². The summed E-state index contributed by atoms with van der Waals surface area (Å²) in [4.78, 5) is 24.6. The zero-order valence-electron chi connectivity index (χ0n) is 14.2. The van der Waals surface area contributed by atoms with Gasteiger partial charge in [-0.2, -0.15) is 0 Å². The van der Waals surface area contributed by atoms with Gasteiger partial charge in [0.1, 0.15) is 10.5 Å². The van der Waals surface area contributed by atoms with E-state index in [0.717, 1.165) is 9.87 Å². The minimum Gasteiger partial charge on any atom is -0.423 e. The molecule has 0 fully saturated rings. The average Bonchev–Trinajstić information content (AvgIpc) is 2.83. The van der Waals surface area contributed by atoms with Gasteiger partial charge in [0, 0.05) is 16.5 Å². The highest BCUT2D eigenvalue weighted by atomic mass is 35.5. The summed E-state index contributed by atoms with van der Waals surface area (Å²) < 4.78 is 31.5. The summed E-state index contributed by atoms with van der Waals surface area (Å²) in [5.74, 6) is -0.622. The molecular weight excluding hydrogens is 390 g/mol. The summed E-state index contributed by atoms with van der Waals surface area (Å²) in [5.41, 5.74) is 0.970. The normalized spacial score (nSPS) is 15.3. The minimum atomic E-state index is -3.98. The number of sulfonamides is 1. The maximum Gasteiger partial charge on any atom is 0.336 e. The second-order valence-corrected chi connectivity index (χ2v) is 8.43. The fourth-order valence-electron chi connectivity index (χ4n) is 3.23. The predicted octanol–water partition coefficient (Wildman–Crippen LogP) is 3.35. The molecule has 138 valence electrons. The SMILES string of the molecule is CCc1cc2oc(=O)cc(CN3C(=O)c4ccccc4S3(=O)=O)c2cc1Cl. The molecule has 4 rings (SSSR count). The molecule has 0 unspecified atom stereocenters. The Labute approximate surface area is 160 Å². The lowest BCUT2D eigenvalue weighted by Crippen LogP contribution is -2.29. The molecule has 3 aromatic rings. The first-order chi connectivity index (χ1) is 12.8. The Morgan fingerprint density at radius 1 is 1.07 bits per heavy atom. The van der Waals surface area contributed by atoms with Gasteiger partial charge in [0.25, 0.3) is 15.9 Å². The summed E-state index contributed by atoms with van der Waals surface area (Å²) in [7, 11) is -3.98. The molecule has 2 heterocycles. The number of hydrogen-bond acceptors (Lipinski definition) is 5. The van der Waals surface area contributed by atoms with Crippen molar-refractivity contribution in [1.82, 2.24) is 4.31 Å². The standard InChI is InChI=1S/C19H14ClNO5S/c1-2-11-7-16-14(9-15(11)20)12(8-18(22)26-16)10-21-19(23)13-5-3-4-6-17(13)27(21,24)25/h3-9H,2,10H2,1H3. The number of nitrogens with zero attached hydrogens (tertiary/aromatic N) is 1. The summed E-state index contributed by atoms with van der Waals surface area (Å²) in [6, 6.07) is 10.5. The molecule has 1 amide bonds. The van der Waals surface area contributed by atoms with Crippen molar-refractivity contribution in [3.05, 3.63) is 74.6 Å². The fourth-order valence-corrected chi connectivity index (χ4v) is 5.08. The van der Waals surface area contributed by atoms with E-state index >= 15 is 0 Å². The predicted molar refractivity (Wildman–Crippen MR) is 100 cm³/mol. The van der Waals surface area contributed by atoms with E-state index < -0.39 is 21.6 Å². The van der Waals surface area contributed by atoms with Crippen LogP contribution in [0.2, 0.25) is 5.02 Å². The number of carbonyl (C=O) groups is 1. The van der Waals surface area contributed by atoms with Crippen LogP contribution in [-0.4, -0.2) is 18.6 Å². The number of amides is 1. The van der Waals surface area contributed by atoms with E-state index in [1.54, 1.807) is 24.3 Å². The molecule has 8 heteroatoms. The van der Waals surface area contributed by atoms with Crippen LogP contribution in [0.15, 0.2) is 56.6 Å². The molecule has 0 saturated heterocycles. The number of rotatable bonds is 3. The monoisotopic (exact) mass is 403 g/mol. The van der Waals surface area contributed by atoms with E-state index in [4.69, 9.17) is 16.0 Å². The third kappa shape index (κ3) is 2.74. The van der Waals surface area contributed by atoms with Crippen LogP contribution < -0.4 is 5.63 Å². The van der Waals surface area contributed by atoms with Crippen LogP contribution in [0, 0.1) is 0 Å². The Bertz CT molecular complexity index is 1260. The Morgan fingerprint density at radius 3 is 2.52 bits per heavy atom. The second kappa shape index (κ2) is 6.21. The molecule has 1 aliphatic rings. The maximum atomic E-state index is 12.8. The molecule has 0 N–H and O–H groups in total. The lowest BCUT2D eigenvalue weighted by molar-refractivity contribution is 0.0865. The third-order valence-corrected chi connectivity index (χ3v) is 6.74. The van der Waals surface area contributed by atoms with Crippen molar-refractivity contribution in [3.8, 4) is 0 Å². The number of benzene rings is 2. The fraction of sp³-hybridized carbons (Fsp3) is 0.158. The van der Waals surface area contributed by atoms with E-state index in [2.05, 4.69) is 0 Å². The van der Waals surface area contributed by atoms with Gasteiger partial charge in [-0.25, -0.2) is 17.5 Å². The van der Waals surface area contributed by atoms with Crippen molar-refractivity contribution in [2.45, 2.75) is 24.8 Å². The lowest BCUT2D eigenvalue weighted by atomic mass is 10.1. The highest BCUT2D eigenvalue weighted by molar-refractivity contribution is 7.90. The highest BCUT2D eigenvalue weighted by Crippen LogP contribution is 2.33. The molecule has 0 bridgehead atoms. The van der Waals surface area contributed by atoms with E-state index in [0.29, 0.717) is 28.0 Å². The quantitative estimate of drug-likeness (QED) is 0.626. The van der Waals surface area contributed by atoms with E-state index in [-0.39, 0.29) is 17.0 Å². The maximum absolute atomic E-state index is 12.8. The molecule has 27 heavy (non-hydrogen) atoms. The third-order valence-electron chi connectivity index (χ3n) is 4.60. The van der Waals surface area contributed by atoms with E-state index in [1.807, 2.05) is 6.92 Å². The number of halogens is 1. The Kier molecular flexibility index (Phi) is 4.09. The number of fused-ring (bicyclic) bond motifs is 2. The zero-order chi connectivity index (χ0) is 19.3. The van der Waals surface area contributed by atoms with Crippen molar-refractivity contribution in [2.75, 3.05) is 0 Å². The number of aryl methyl sites for hydroxylation is 1. The van der Waals surface area contributed by atoms with Crippen LogP contribution in [0.3, 0.4) is 0 Å². The molecule has 0 saturated carbocycles. The summed E-state index contributed by atoms with van der Waals surface area (Å²) >= 11 is 6.27. The van der Waals surface area contributed by atoms with Gasteiger partial charge in [-0.05, 0) is 41.8 Å². The Morgan fingerprint density at radius 2 is 1.81 bits per heavy atom. The first kappa shape index (κ1) is 17.8. The summed E-state index contributed by atoms with van der Waals surface area (Å²) in [6.07, 6.45) is 0.650. The van der Waals surface area contributed by atoms with Crippen LogP contribution >= 0.6 is 11.6 Å². The van der Waals surface area contributed by atoms with Crippen LogP contribution in [0.5, 0.6) is 0 Å². The van der Waals surface area contributed by atoms with Crippen LogP contribution in [0.4, 0.5) is 0 Å². The van der Waals surface area contributed by atoms with Gasteiger partial charge in [-0.15, -0.1) is 0 Å². The molecule has 6 nitrogen and oxygen atoms in total. The largest absolute Gasteiger partial charge is 0.423 e. The van der Waals surface area contributed by atoms with Crippen molar-refractivity contribution in [2.24, 2.45) is 0 Å². The molecule has 1 aromatic heterocycles. The zero-order valence-corrected chi connectivity index (χ0v) is 15.8. The van der Waals surface area contributed by atoms with Crippen molar-refractivity contribution < 1.29 is 17.6 Å². The van der Waals surface area contributed by atoms with Crippen LogP contribution in [-0.2, 0) is 23.0 Å². The first-order valence-corrected chi connectivity index (χ1v) is 10.1. The Balaban J connectivity index is 1.87. The van der Waals surface area contributed by atoms with Crippen molar-refractivity contribution in [3.63, 3.8) is 0 Å². The molecule has 1 aliphatic heterocycles.